The molecule has 2 fully saturated rings. The zero-order valence-corrected chi connectivity index (χ0v) is 19.5. The van der Waals surface area contributed by atoms with E-state index in [9.17, 15) is 9.59 Å². The van der Waals surface area contributed by atoms with Gasteiger partial charge in [0, 0.05) is 31.5 Å². The van der Waals surface area contributed by atoms with E-state index in [0.29, 0.717) is 28.7 Å². The summed E-state index contributed by atoms with van der Waals surface area (Å²) >= 11 is 0. The topological polar surface area (TPSA) is 83.4 Å². The van der Waals surface area contributed by atoms with E-state index in [4.69, 9.17) is 5.11 Å². The molecular weight excluding hydrogens is 414 g/mol. The molecule has 1 aromatic carbocycles. The molecule has 1 heterocycles. The van der Waals surface area contributed by atoms with E-state index in [2.05, 4.69) is 29.0 Å². The normalized spacial score (nSPS) is 30.1. The van der Waals surface area contributed by atoms with Gasteiger partial charge in [-0.2, -0.15) is 0 Å². The Hall–Kier alpha value is -2.76. The zero-order valence-electron chi connectivity index (χ0n) is 19.5. The molecule has 0 radical (unpaired) electrons. The average Bonchev–Trinajstić information content (AvgIpc) is 3.19. The number of amides is 1. The molecule has 3 aliphatic carbocycles. The van der Waals surface area contributed by atoms with Crippen molar-refractivity contribution in [3.8, 4) is 0 Å². The number of rotatable bonds is 5. The Morgan fingerprint density at radius 1 is 1.15 bits per heavy atom. The van der Waals surface area contributed by atoms with Crippen LogP contribution in [-0.2, 0) is 11.2 Å². The molecular formula is C27H33N3O3. The van der Waals surface area contributed by atoms with Gasteiger partial charge in [-0.05, 0) is 96.4 Å². The first-order valence-electron chi connectivity index (χ1n) is 12.2. The van der Waals surface area contributed by atoms with Crippen LogP contribution >= 0.6 is 0 Å². The first kappa shape index (κ1) is 22.1. The second-order valence-electron chi connectivity index (χ2n) is 10.5. The first-order valence-corrected chi connectivity index (χ1v) is 12.2. The molecule has 33 heavy (non-hydrogen) atoms. The van der Waals surface area contributed by atoms with Gasteiger partial charge in [-0.3, -0.25) is 9.59 Å². The Labute approximate surface area is 195 Å². The number of aryl methyl sites for hydroxylation is 1. The van der Waals surface area contributed by atoms with Crippen LogP contribution in [0.4, 0.5) is 0 Å². The highest BCUT2D eigenvalue weighted by Crippen LogP contribution is 2.65. The largest absolute Gasteiger partial charge is 0.481 e. The van der Waals surface area contributed by atoms with Crippen LogP contribution in [0.1, 0.15) is 84.3 Å². The maximum Gasteiger partial charge on any atom is 0.305 e. The molecule has 1 amide bonds. The number of hydrogen-bond acceptors (Lipinski definition) is 4. The van der Waals surface area contributed by atoms with Crippen LogP contribution in [0, 0.1) is 17.3 Å². The van der Waals surface area contributed by atoms with E-state index in [-0.39, 0.29) is 18.9 Å². The van der Waals surface area contributed by atoms with Crippen molar-refractivity contribution in [2.75, 3.05) is 13.6 Å². The number of nitrogens with zero attached hydrogens (tertiary/aromatic N) is 3. The van der Waals surface area contributed by atoms with Gasteiger partial charge in [-0.25, -0.2) is 9.97 Å². The number of carboxylic acid groups (broad SMARTS) is 1. The minimum atomic E-state index is -0.885. The van der Waals surface area contributed by atoms with Gasteiger partial charge in [-0.1, -0.05) is 13.0 Å². The third-order valence-electron chi connectivity index (χ3n) is 8.96. The minimum absolute atomic E-state index is 0.0345. The van der Waals surface area contributed by atoms with Crippen LogP contribution in [0.3, 0.4) is 0 Å². The fourth-order valence-corrected chi connectivity index (χ4v) is 7.34. The summed E-state index contributed by atoms with van der Waals surface area (Å²) in [6.07, 6.45) is 12.7. The molecule has 5 atom stereocenters. The second-order valence-corrected chi connectivity index (χ2v) is 10.5. The smallest absolute Gasteiger partial charge is 0.305 e. The summed E-state index contributed by atoms with van der Waals surface area (Å²) in [4.78, 5) is 33.8. The lowest BCUT2D eigenvalue weighted by atomic mass is 9.53. The van der Waals surface area contributed by atoms with Crippen LogP contribution < -0.4 is 0 Å². The molecule has 0 unspecified atom stereocenters. The van der Waals surface area contributed by atoms with E-state index in [1.807, 2.05) is 18.5 Å². The molecule has 0 saturated heterocycles. The van der Waals surface area contributed by atoms with Crippen molar-refractivity contribution in [1.82, 2.24) is 14.9 Å². The molecule has 5 rings (SSSR count). The van der Waals surface area contributed by atoms with Gasteiger partial charge in [0.2, 0.25) is 0 Å². The lowest BCUT2D eigenvalue weighted by Gasteiger charge is -2.51. The van der Waals surface area contributed by atoms with Crippen molar-refractivity contribution < 1.29 is 14.7 Å². The van der Waals surface area contributed by atoms with Gasteiger partial charge < -0.3 is 10.0 Å². The van der Waals surface area contributed by atoms with Gasteiger partial charge in [0.15, 0.2) is 0 Å². The molecule has 0 aliphatic heterocycles. The lowest BCUT2D eigenvalue weighted by Crippen LogP contribution is -2.41. The van der Waals surface area contributed by atoms with E-state index in [1.54, 1.807) is 13.4 Å². The number of carbonyl (C=O) groups is 2. The third-order valence-corrected chi connectivity index (χ3v) is 8.96. The molecule has 2 aromatic rings. The summed E-state index contributed by atoms with van der Waals surface area (Å²) in [6.45, 7) is 2.73. The fourth-order valence-electron chi connectivity index (χ4n) is 7.34. The highest BCUT2D eigenvalue weighted by atomic mass is 16.4. The van der Waals surface area contributed by atoms with Gasteiger partial charge >= 0.3 is 5.97 Å². The fraction of sp³-hybridized carbons (Fsp3) is 0.556. The van der Waals surface area contributed by atoms with E-state index in [1.165, 1.54) is 53.7 Å². The van der Waals surface area contributed by atoms with Crippen LogP contribution in [0.5, 0.6) is 0 Å². The summed E-state index contributed by atoms with van der Waals surface area (Å²) in [6, 6.07) is 6.20. The van der Waals surface area contributed by atoms with Crippen molar-refractivity contribution in [3.63, 3.8) is 0 Å². The molecule has 2 saturated carbocycles. The molecule has 0 spiro atoms. The van der Waals surface area contributed by atoms with Crippen LogP contribution in [0.2, 0.25) is 0 Å². The van der Waals surface area contributed by atoms with Crippen molar-refractivity contribution >= 4 is 11.9 Å². The maximum atomic E-state index is 12.8. The zero-order chi connectivity index (χ0) is 23.2. The maximum absolute atomic E-state index is 12.8. The Morgan fingerprint density at radius 2 is 1.94 bits per heavy atom. The first-order chi connectivity index (χ1) is 15.9. The lowest BCUT2D eigenvalue weighted by molar-refractivity contribution is -0.137. The monoisotopic (exact) mass is 447 g/mol. The Kier molecular flexibility index (Phi) is 5.71. The van der Waals surface area contributed by atoms with Gasteiger partial charge in [0.25, 0.3) is 5.91 Å². The van der Waals surface area contributed by atoms with Gasteiger partial charge in [0.1, 0.15) is 6.33 Å². The molecule has 1 aromatic heterocycles. The van der Waals surface area contributed by atoms with E-state index in [0.717, 1.165) is 12.3 Å². The second kappa shape index (κ2) is 8.54. The van der Waals surface area contributed by atoms with Gasteiger partial charge in [-0.15, -0.1) is 0 Å². The Morgan fingerprint density at radius 3 is 2.70 bits per heavy atom. The SMILES string of the molecule is CN(CCC(=O)O)C(=O)c1ccc2c(c1)CC[C@@H]1[C@@H]2CC[C@]2(C)[C@@H](c3cncnc3)CC[C@@H]12. The molecule has 174 valence electrons. The quantitative estimate of drug-likeness (QED) is 0.721. The summed E-state index contributed by atoms with van der Waals surface area (Å²) in [5.74, 6) is 1.56. The van der Waals surface area contributed by atoms with Crippen molar-refractivity contribution in [3.05, 3.63) is 59.2 Å². The number of aromatic nitrogens is 2. The van der Waals surface area contributed by atoms with Crippen molar-refractivity contribution in [1.29, 1.82) is 0 Å². The van der Waals surface area contributed by atoms with Crippen LogP contribution in [0.15, 0.2) is 36.9 Å². The molecule has 1 N–H and O–H groups in total. The summed E-state index contributed by atoms with van der Waals surface area (Å²) in [5.41, 5.74) is 5.03. The van der Waals surface area contributed by atoms with Gasteiger partial charge in [0.05, 0.1) is 6.42 Å². The minimum Gasteiger partial charge on any atom is -0.481 e. The van der Waals surface area contributed by atoms with Crippen LogP contribution in [-0.4, -0.2) is 45.4 Å². The Bertz CT molecular complexity index is 1060. The molecule has 6 nitrogen and oxygen atoms in total. The highest BCUT2D eigenvalue weighted by molar-refractivity contribution is 5.94. The highest BCUT2D eigenvalue weighted by Gasteiger charge is 2.55. The molecule has 3 aliphatic rings. The van der Waals surface area contributed by atoms with E-state index < -0.39 is 5.97 Å². The summed E-state index contributed by atoms with van der Waals surface area (Å²) in [5, 5.41) is 8.90. The van der Waals surface area contributed by atoms with E-state index >= 15 is 0 Å². The molecule has 0 bridgehead atoms. The summed E-state index contributed by atoms with van der Waals surface area (Å²) < 4.78 is 0. The Balaban J connectivity index is 1.35. The number of hydrogen-bond donors (Lipinski definition) is 1. The number of aliphatic carboxylic acids is 1. The number of fused-ring (bicyclic) bond motifs is 5. The molecule has 6 heteroatoms. The van der Waals surface area contributed by atoms with Crippen LogP contribution in [0.25, 0.3) is 0 Å². The third kappa shape index (κ3) is 3.83. The predicted molar refractivity (Wildman–Crippen MR) is 125 cm³/mol. The van der Waals surface area contributed by atoms with Crippen molar-refractivity contribution in [2.24, 2.45) is 17.3 Å². The standard InChI is InChI=1S/C27H33N3O3/c1-27-11-9-21-20-5-4-18(26(33)30(2)12-10-25(31)32)13-17(20)3-6-22(21)24(27)8-7-23(27)19-14-28-16-29-15-19/h4-5,13-16,21-24H,3,6-12H2,1-2H3,(H,31,32)/t21-,22-,23-,24+,27-/m1/s1. The number of carboxylic acids is 1. The predicted octanol–water partition coefficient (Wildman–Crippen LogP) is 4.66. The number of carbonyl (C=O) groups excluding carboxylic acids is 1. The average molecular weight is 448 g/mol. The summed E-state index contributed by atoms with van der Waals surface area (Å²) in [7, 11) is 1.68. The van der Waals surface area contributed by atoms with Crippen molar-refractivity contribution in [2.45, 2.75) is 63.7 Å². The number of benzene rings is 1.